The molecule has 0 spiro atoms. The van der Waals surface area contributed by atoms with E-state index in [-0.39, 0.29) is 32.0 Å². The van der Waals surface area contributed by atoms with Gasteiger partial charge in [0.05, 0.1) is 31.0 Å². The number of halogens is 4. The Balaban J connectivity index is 1.39. The summed E-state index contributed by atoms with van der Waals surface area (Å²) >= 11 is 6.16. The quantitative estimate of drug-likeness (QED) is 0.400. The molecular weight excluding hydrogens is 535 g/mol. The number of rotatable bonds is 9. The minimum Gasteiger partial charge on any atom is -0.371 e. The molecule has 1 saturated heterocycles. The average Bonchev–Trinajstić information content (AvgIpc) is 3.65. The largest absolute Gasteiger partial charge is 0.416 e. The van der Waals surface area contributed by atoms with E-state index in [2.05, 4.69) is 5.32 Å². The van der Waals surface area contributed by atoms with Gasteiger partial charge in [-0.2, -0.15) is 13.2 Å². The summed E-state index contributed by atoms with van der Waals surface area (Å²) in [6.07, 6.45) is -3.57. The highest BCUT2D eigenvalue weighted by Gasteiger charge is 2.58. The monoisotopic (exact) mass is 567 g/mol. The van der Waals surface area contributed by atoms with Gasteiger partial charge in [0.25, 0.3) is 5.91 Å². The number of carbonyl (C=O) groups excluding carboxylic acids is 1. The van der Waals surface area contributed by atoms with Gasteiger partial charge >= 0.3 is 6.18 Å². The topological polar surface area (TPSA) is 66.0 Å². The Kier molecular flexibility index (Phi) is 8.01. The lowest BCUT2D eigenvalue weighted by atomic mass is 9.78. The van der Waals surface area contributed by atoms with E-state index in [1.54, 1.807) is 32.0 Å². The summed E-state index contributed by atoms with van der Waals surface area (Å²) in [5, 5.41) is 3.61. The van der Waals surface area contributed by atoms with Gasteiger partial charge in [0, 0.05) is 24.4 Å². The first kappa shape index (κ1) is 28.4. The van der Waals surface area contributed by atoms with Crippen LogP contribution in [0.1, 0.15) is 56.2 Å². The van der Waals surface area contributed by atoms with Crippen molar-refractivity contribution in [3.63, 3.8) is 0 Å². The van der Waals surface area contributed by atoms with Crippen molar-refractivity contribution in [2.45, 2.75) is 88.6 Å². The van der Waals surface area contributed by atoms with Crippen molar-refractivity contribution >= 4 is 17.5 Å². The third kappa shape index (κ3) is 6.95. The van der Waals surface area contributed by atoms with Crippen molar-refractivity contribution in [3.05, 3.63) is 70.2 Å². The molecule has 2 saturated carbocycles. The van der Waals surface area contributed by atoms with Crippen LogP contribution in [-0.4, -0.2) is 42.2 Å². The Labute approximate surface area is 231 Å². The van der Waals surface area contributed by atoms with Crippen LogP contribution in [0.3, 0.4) is 0 Å². The highest BCUT2D eigenvalue weighted by Crippen LogP contribution is 2.44. The third-order valence-corrected chi connectivity index (χ3v) is 7.67. The van der Waals surface area contributed by atoms with E-state index < -0.39 is 41.4 Å². The number of hydrogen-bond donors (Lipinski definition) is 1. The van der Waals surface area contributed by atoms with Crippen LogP contribution in [-0.2, 0) is 43.1 Å². The molecule has 3 fully saturated rings. The molecule has 212 valence electrons. The van der Waals surface area contributed by atoms with E-state index in [1.165, 1.54) is 6.07 Å². The molecule has 5 rings (SSSR count). The molecule has 1 heterocycles. The Morgan fingerprint density at radius 2 is 1.77 bits per heavy atom. The van der Waals surface area contributed by atoms with Gasteiger partial charge in [0.1, 0.15) is 6.10 Å². The maximum atomic E-state index is 13.7. The number of fused-ring (bicyclic) bond motifs is 1. The first-order chi connectivity index (χ1) is 18.4. The van der Waals surface area contributed by atoms with Gasteiger partial charge in [-0.15, -0.1) is 0 Å². The highest BCUT2D eigenvalue weighted by atomic mass is 35.5. The van der Waals surface area contributed by atoms with E-state index in [0.717, 1.165) is 30.5 Å². The Morgan fingerprint density at radius 3 is 2.46 bits per heavy atom. The number of amides is 1. The van der Waals surface area contributed by atoms with E-state index in [4.69, 9.17) is 30.5 Å². The van der Waals surface area contributed by atoms with E-state index in [1.807, 2.05) is 12.1 Å². The molecule has 2 aliphatic carbocycles. The summed E-state index contributed by atoms with van der Waals surface area (Å²) in [6.45, 7) is 4.19. The molecule has 2 aromatic carbocycles. The minimum absolute atomic E-state index is 0.0876. The second kappa shape index (κ2) is 11.0. The maximum Gasteiger partial charge on any atom is 0.416 e. The fraction of sp³-hybridized carbons (Fsp3) is 0.552. The lowest BCUT2D eigenvalue weighted by Gasteiger charge is -2.43. The van der Waals surface area contributed by atoms with Crippen molar-refractivity contribution in [1.82, 2.24) is 5.32 Å². The molecule has 0 radical (unpaired) electrons. The van der Waals surface area contributed by atoms with Crippen LogP contribution in [0.25, 0.3) is 0 Å². The molecule has 2 aromatic rings. The number of alkyl halides is 3. The van der Waals surface area contributed by atoms with Gasteiger partial charge in [0.2, 0.25) is 0 Å². The van der Waals surface area contributed by atoms with Crippen molar-refractivity contribution in [1.29, 1.82) is 0 Å². The van der Waals surface area contributed by atoms with Crippen LogP contribution < -0.4 is 5.32 Å². The smallest absolute Gasteiger partial charge is 0.371 e. The zero-order valence-electron chi connectivity index (χ0n) is 21.9. The Hall–Kier alpha value is -2.17. The minimum atomic E-state index is -4.46. The standard InChI is InChI=1S/C29H33ClF3NO5/c1-27(2)38-24-14-28(26(35)34-15-18-9-10-18,37-17-20-6-4-8-22(30)12-20)13-23(25(24)39-27)36-16-19-5-3-7-21(11-19)29(31,32)33/h3-8,11-12,18,23-25H,9-10,13-17H2,1-2H3,(H,34,35)/t23?,24-,25+,28-/m1/s1. The van der Waals surface area contributed by atoms with E-state index >= 15 is 0 Å². The van der Waals surface area contributed by atoms with Crippen molar-refractivity contribution in [2.24, 2.45) is 5.92 Å². The zero-order valence-corrected chi connectivity index (χ0v) is 22.7. The molecule has 39 heavy (non-hydrogen) atoms. The van der Waals surface area contributed by atoms with Gasteiger partial charge < -0.3 is 24.3 Å². The van der Waals surface area contributed by atoms with Crippen LogP contribution in [0, 0.1) is 5.92 Å². The lowest BCUT2D eigenvalue weighted by molar-refractivity contribution is -0.183. The average molecular weight is 568 g/mol. The van der Waals surface area contributed by atoms with Gasteiger partial charge in [0.15, 0.2) is 11.4 Å². The maximum absolute atomic E-state index is 13.7. The molecule has 1 aliphatic heterocycles. The molecule has 4 atom stereocenters. The van der Waals surface area contributed by atoms with Gasteiger partial charge in [-0.3, -0.25) is 4.79 Å². The number of ether oxygens (including phenoxy) is 4. The summed E-state index contributed by atoms with van der Waals surface area (Å²) < 4.78 is 64.7. The van der Waals surface area contributed by atoms with Crippen LogP contribution >= 0.6 is 11.6 Å². The molecule has 6 nitrogen and oxygen atoms in total. The summed E-state index contributed by atoms with van der Waals surface area (Å²) in [5.41, 5.74) is -0.857. The number of nitrogens with one attached hydrogen (secondary N) is 1. The van der Waals surface area contributed by atoms with Crippen molar-refractivity contribution in [2.75, 3.05) is 6.54 Å². The Bertz CT molecular complexity index is 1190. The highest BCUT2D eigenvalue weighted by molar-refractivity contribution is 6.30. The van der Waals surface area contributed by atoms with Gasteiger partial charge in [-0.25, -0.2) is 0 Å². The number of benzene rings is 2. The SMILES string of the molecule is CC1(C)O[C@@H]2C[C@@](OCc3cccc(Cl)c3)(C(=O)NCC3CC3)CC(OCc3cccc(C(F)(F)F)c3)[C@@H]2O1. The number of carbonyl (C=O) groups is 1. The predicted molar refractivity (Wildman–Crippen MR) is 138 cm³/mol. The second-order valence-corrected chi connectivity index (χ2v) is 11.6. The van der Waals surface area contributed by atoms with Crippen LogP contribution in [0.2, 0.25) is 5.02 Å². The normalized spacial score (nSPS) is 28.2. The van der Waals surface area contributed by atoms with Gasteiger partial charge in [-0.05, 0) is 68.0 Å². The summed E-state index contributed by atoms with van der Waals surface area (Å²) in [7, 11) is 0. The summed E-state index contributed by atoms with van der Waals surface area (Å²) in [6, 6.07) is 12.3. The second-order valence-electron chi connectivity index (χ2n) is 11.2. The predicted octanol–water partition coefficient (Wildman–Crippen LogP) is 6.04. The van der Waals surface area contributed by atoms with Crippen LogP contribution in [0.4, 0.5) is 13.2 Å². The van der Waals surface area contributed by atoms with E-state index in [0.29, 0.717) is 23.0 Å². The first-order valence-electron chi connectivity index (χ1n) is 13.2. The molecule has 1 N–H and O–H groups in total. The van der Waals surface area contributed by atoms with E-state index in [9.17, 15) is 18.0 Å². The molecule has 1 unspecified atom stereocenters. The zero-order chi connectivity index (χ0) is 27.8. The van der Waals surface area contributed by atoms with Crippen LogP contribution in [0.5, 0.6) is 0 Å². The molecule has 0 bridgehead atoms. The molecule has 0 aromatic heterocycles. The molecule has 1 amide bonds. The third-order valence-electron chi connectivity index (χ3n) is 7.43. The van der Waals surface area contributed by atoms with Crippen LogP contribution in [0.15, 0.2) is 48.5 Å². The van der Waals surface area contributed by atoms with Crippen molar-refractivity contribution in [3.8, 4) is 0 Å². The molecule has 3 aliphatic rings. The summed E-state index contributed by atoms with van der Waals surface area (Å²) in [4.78, 5) is 13.7. The summed E-state index contributed by atoms with van der Waals surface area (Å²) in [5.74, 6) is -0.704. The fourth-order valence-electron chi connectivity index (χ4n) is 5.32. The lowest BCUT2D eigenvalue weighted by Crippen LogP contribution is -2.60. The Morgan fingerprint density at radius 1 is 1.05 bits per heavy atom. The van der Waals surface area contributed by atoms with Gasteiger partial charge in [-0.1, -0.05) is 35.9 Å². The first-order valence-corrected chi connectivity index (χ1v) is 13.6. The van der Waals surface area contributed by atoms with Crippen molar-refractivity contribution < 1.29 is 36.9 Å². The number of hydrogen-bond acceptors (Lipinski definition) is 5. The molecule has 10 heteroatoms. The fourth-order valence-corrected chi connectivity index (χ4v) is 5.53. The molecular formula is C29H33ClF3NO5.